The first-order valence-electron chi connectivity index (χ1n) is 7.51. The molecule has 0 saturated heterocycles. The highest BCUT2D eigenvalue weighted by molar-refractivity contribution is 7.12. The fraction of sp³-hybridized carbons (Fsp3) is 0.688. The van der Waals surface area contributed by atoms with E-state index in [1.54, 1.807) is 0 Å². The molecule has 1 atom stereocenters. The Morgan fingerprint density at radius 2 is 2.14 bits per heavy atom. The molecule has 1 unspecified atom stereocenters. The van der Waals surface area contributed by atoms with Crippen molar-refractivity contribution in [1.82, 2.24) is 5.32 Å². The maximum Gasteiger partial charge on any atom is 0.220 e. The molecule has 0 aliphatic heterocycles. The molecule has 1 heterocycles. The molecule has 0 radical (unpaired) electrons. The van der Waals surface area contributed by atoms with Gasteiger partial charge in [-0.1, -0.05) is 0 Å². The molecule has 1 aromatic heterocycles. The summed E-state index contributed by atoms with van der Waals surface area (Å²) in [6.07, 6.45) is 4.89. The smallest absolute Gasteiger partial charge is 0.220 e. The Labute approximate surface area is 138 Å². The van der Waals surface area contributed by atoms with Crippen LogP contribution >= 0.6 is 23.7 Å². The number of nitrogens with one attached hydrogen (secondary N) is 1. The van der Waals surface area contributed by atoms with Gasteiger partial charge in [-0.15, -0.1) is 23.7 Å². The van der Waals surface area contributed by atoms with Crippen LogP contribution in [0.25, 0.3) is 0 Å². The molecule has 1 fully saturated rings. The SMILES string of the molecule is Cc1cc(CCCC(=O)NC(C)(CN)C2CC2)c(C)s1.Cl. The molecule has 1 aliphatic rings. The Morgan fingerprint density at radius 3 is 2.62 bits per heavy atom. The summed E-state index contributed by atoms with van der Waals surface area (Å²) in [5.74, 6) is 0.729. The van der Waals surface area contributed by atoms with Gasteiger partial charge in [-0.05, 0) is 64.0 Å². The molecule has 0 bridgehead atoms. The van der Waals surface area contributed by atoms with Gasteiger partial charge in [0.1, 0.15) is 0 Å². The van der Waals surface area contributed by atoms with Crippen LogP contribution in [0.2, 0.25) is 0 Å². The fourth-order valence-electron chi connectivity index (χ4n) is 2.79. The predicted molar refractivity (Wildman–Crippen MR) is 92.3 cm³/mol. The Morgan fingerprint density at radius 1 is 1.48 bits per heavy atom. The van der Waals surface area contributed by atoms with Crippen molar-refractivity contribution in [2.45, 2.75) is 58.4 Å². The number of halogens is 1. The quantitative estimate of drug-likeness (QED) is 0.805. The summed E-state index contributed by atoms with van der Waals surface area (Å²) in [5, 5.41) is 3.15. The van der Waals surface area contributed by atoms with E-state index in [9.17, 15) is 4.79 Å². The third-order valence-corrected chi connectivity index (χ3v) is 5.33. The lowest BCUT2D eigenvalue weighted by atomic mass is 9.95. The van der Waals surface area contributed by atoms with Gasteiger partial charge in [-0.25, -0.2) is 0 Å². The minimum absolute atomic E-state index is 0. The number of thiophene rings is 1. The van der Waals surface area contributed by atoms with Gasteiger partial charge in [-0.3, -0.25) is 4.79 Å². The van der Waals surface area contributed by atoms with Crippen LogP contribution in [-0.4, -0.2) is 18.0 Å². The van der Waals surface area contributed by atoms with E-state index in [1.807, 2.05) is 11.3 Å². The zero-order chi connectivity index (χ0) is 14.8. The number of carbonyl (C=O) groups is 1. The van der Waals surface area contributed by atoms with Crippen molar-refractivity contribution in [3.63, 3.8) is 0 Å². The van der Waals surface area contributed by atoms with E-state index >= 15 is 0 Å². The molecule has 5 heteroatoms. The molecule has 21 heavy (non-hydrogen) atoms. The van der Waals surface area contributed by atoms with E-state index < -0.39 is 0 Å². The normalized spacial score (nSPS) is 17.0. The van der Waals surface area contributed by atoms with E-state index in [2.05, 4.69) is 32.2 Å². The van der Waals surface area contributed by atoms with Crippen LogP contribution in [0.5, 0.6) is 0 Å². The number of hydrogen-bond donors (Lipinski definition) is 2. The van der Waals surface area contributed by atoms with E-state index in [1.165, 1.54) is 28.2 Å². The molecular weight excluding hydrogens is 304 g/mol. The average molecular weight is 331 g/mol. The van der Waals surface area contributed by atoms with E-state index in [0.29, 0.717) is 18.9 Å². The second kappa shape index (κ2) is 7.61. The van der Waals surface area contributed by atoms with Crippen molar-refractivity contribution in [3.8, 4) is 0 Å². The number of nitrogens with two attached hydrogens (primary N) is 1. The van der Waals surface area contributed by atoms with E-state index in [-0.39, 0.29) is 23.9 Å². The van der Waals surface area contributed by atoms with Crippen molar-refractivity contribution in [2.24, 2.45) is 11.7 Å². The third kappa shape index (κ3) is 4.97. The molecule has 120 valence electrons. The van der Waals surface area contributed by atoms with Gasteiger partial charge in [0.2, 0.25) is 5.91 Å². The van der Waals surface area contributed by atoms with Crippen LogP contribution in [0, 0.1) is 19.8 Å². The lowest BCUT2D eigenvalue weighted by molar-refractivity contribution is -0.123. The summed E-state index contributed by atoms with van der Waals surface area (Å²) in [6.45, 7) is 6.91. The van der Waals surface area contributed by atoms with Crippen LogP contribution in [0.1, 0.15) is 47.9 Å². The molecule has 0 spiro atoms. The fourth-order valence-corrected chi connectivity index (χ4v) is 3.77. The van der Waals surface area contributed by atoms with Gasteiger partial charge in [-0.2, -0.15) is 0 Å². The summed E-state index contributed by atoms with van der Waals surface area (Å²) >= 11 is 1.84. The van der Waals surface area contributed by atoms with Gasteiger partial charge in [0.05, 0.1) is 5.54 Å². The first kappa shape index (κ1) is 18.5. The summed E-state index contributed by atoms with van der Waals surface area (Å²) < 4.78 is 0. The van der Waals surface area contributed by atoms with Crippen molar-refractivity contribution in [2.75, 3.05) is 6.54 Å². The second-order valence-corrected chi connectivity index (χ2v) is 7.70. The van der Waals surface area contributed by atoms with Crippen LogP contribution < -0.4 is 11.1 Å². The van der Waals surface area contributed by atoms with Gasteiger partial charge >= 0.3 is 0 Å². The standard InChI is InChI=1S/C16H26N2OS.ClH/c1-11-9-13(12(2)20-11)5-4-6-15(19)18-16(3,10-17)14-7-8-14;/h9,14H,4-8,10,17H2,1-3H3,(H,18,19);1H. The summed E-state index contributed by atoms with van der Waals surface area (Å²) in [5.41, 5.74) is 7.03. The van der Waals surface area contributed by atoms with Crippen LogP contribution in [-0.2, 0) is 11.2 Å². The molecule has 3 nitrogen and oxygen atoms in total. The molecule has 3 N–H and O–H groups in total. The van der Waals surface area contributed by atoms with Gasteiger partial charge in [0, 0.05) is 22.7 Å². The molecular formula is C16H27ClN2OS. The van der Waals surface area contributed by atoms with Crippen molar-refractivity contribution in [1.29, 1.82) is 0 Å². The lowest BCUT2D eigenvalue weighted by Crippen LogP contribution is -2.53. The maximum absolute atomic E-state index is 12.1. The number of amides is 1. The molecule has 2 rings (SSSR count). The van der Waals surface area contributed by atoms with Crippen LogP contribution in [0.3, 0.4) is 0 Å². The first-order chi connectivity index (χ1) is 9.44. The van der Waals surface area contributed by atoms with Crippen molar-refractivity contribution >= 4 is 29.7 Å². The largest absolute Gasteiger partial charge is 0.349 e. The second-order valence-electron chi connectivity index (χ2n) is 6.24. The highest BCUT2D eigenvalue weighted by Crippen LogP contribution is 2.39. The predicted octanol–water partition coefficient (Wildman–Crippen LogP) is 3.35. The number of rotatable bonds is 7. The Balaban J connectivity index is 0.00000220. The topological polar surface area (TPSA) is 55.1 Å². The van der Waals surface area contributed by atoms with Crippen molar-refractivity contribution in [3.05, 3.63) is 21.4 Å². The molecule has 1 saturated carbocycles. The highest BCUT2D eigenvalue weighted by Gasteiger charge is 2.41. The van der Waals surface area contributed by atoms with Gasteiger partial charge in [0.25, 0.3) is 0 Å². The number of carbonyl (C=O) groups excluding carboxylic acids is 1. The Kier molecular flexibility index (Phi) is 6.70. The van der Waals surface area contributed by atoms with Crippen LogP contribution in [0.4, 0.5) is 0 Å². The summed E-state index contributed by atoms with van der Waals surface area (Å²) in [4.78, 5) is 14.8. The number of aryl methyl sites for hydroxylation is 3. The average Bonchev–Trinajstić information content (AvgIpc) is 3.17. The van der Waals surface area contributed by atoms with Gasteiger partial charge in [0.15, 0.2) is 0 Å². The Bertz CT molecular complexity index is 485. The summed E-state index contributed by atoms with van der Waals surface area (Å²) in [6, 6.07) is 2.24. The van der Waals surface area contributed by atoms with Gasteiger partial charge < -0.3 is 11.1 Å². The highest BCUT2D eigenvalue weighted by atomic mass is 35.5. The minimum Gasteiger partial charge on any atom is -0.349 e. The van der Waals surface area contributed by atoms with E-state index in [4.69, 9.17) is 5.73 Å². The van der Waals surface area contributed by atoms with Crippen molar-refractivity contribution < 1.29 is 4.79 Å². The molecule has 1 amide bonds. The van der Waals surface area contributed by atoms with E-state index in [0.717, 1.165) is 12.8 Å². The number of hydrogen-bond acceptors (Lipinski definition) is 3. The molecule has 1 aliphatic carbocycles. The maximum atomic E-state index is 12.1. The first-order valence-corrected chi connectivity index (χ1v) is 8.33. The zero-order valence-electron chi connectivity index (χ0n) is 13.2. The molecule has 1 aromatic rings. The lowest BCUT2D eigenvalue weighted by Gasteiger charge is -2.29. The summed E-state index contributed by atoms with van der Waals surface area (Å²) in [7, 11) is 0. The monoisotopic (exact) mass is 330 g/mol. The third-order valence-electron chi connectivity index (χ3n) is 4.32. The molecule has 0 aromatic carbocycles. The zero-order valence-corrected chi connectivity index (χ0v) is 14.8. The van der Waals surface area contributed by atoms with Crippen LogP contribution in [0.15, 0.2) is 6.07 Å². The Hall–Kier alpha value is -0.580. The minimum atomic E-state index is -0.189.